The van der Waals surface area contributed by atoms with Gasteiger partial charge < -0.3 is 0 Å². The lowest BCUT2D eigenvalue weighted by Crippen LogP contribution is -2.40. The lowest BCUT2D eigenvalue weighted by atomic mass is 10.2. The molecule has 0 radical (unpaired) electrons. The predicted octanol–water partition coefficient (Wildman–Crippen LogP) is 5.87. The van der Waals surface area contributed by atoms with Gasteiger partial charge in [0, 0.05) is 38.9 Å². The molecule has 4 aromatic heterocycles. The van der Waals surface area contributed by atoms with Crippen molar-refractivity contribution in [3.63, 3.8) is 0 Å². The Bertz CT molecular complexity index is 2230. The molecule has 0 amide bonds. The molecule has 0 aromatic carbocycles. The topological polar surface area (TPSA) is 68.3 Å². The summed E-state index contributed by atoms with van der Waals surface area (Å²) < 4.78 is 67.3. The number of sulfone groups is 2. The van der Waals surface area contributed by atoms with E-state index in [9.17, 15) is 16.8 Å². The molecular weight excluding hydrogens is 705 g/mol. The van der Waals surface area contributed by atoms with Gasteiger partial charge in [-0.05, 0) is 0 Å². The van der Waals surface area contributed by atoms with Crippen molar-refractivity contribution in [2.24, 2.45) is 0 Å². The molecule has 0 fully saturated rings. The van der Waals surface area contributed by atoms with E-state index in [1.165, 1.54) is 0 Å². The lowest BCUT2D eigenvalue weighted by molar-refractivity contribution is 0.597. The highest BCUT2D eigenvalue weighted by atomic mass is 32.2. The Morgan fingerprint density at radius 2 is 0.524 bits per heavy atom. The molecule has 0 N–H and O–H groups in total. The highest BCUT2D eigenvalue weighted by molar-refractivity contribution is 7.93. The summed E-state index contributed by atoms with van der Waals surface area (Å²) in [4.78, 5) is 2.18. The van der Waals surface area contributed by atoms with E-state index in [1.807, 2.05) is 0 Å². The molecule has 14 heteroatoms. The molecule has 42 heavy (non-hydrogen) atoms. The summed E-state index contributed by atoms with van der Waals surface area (Å²) in [6, 6.07) is 0. The Hall–Kier alpha value is -0.432. The van der Waals surface area contributed by atoms with E-state index < -0.39 is 52.0 Å². The van der Waals surface area contributed by atoms with E-state index in [0.29, 0.717) is 19.6 Å². The van der Waals surface area contributed by atoms with Crippen molar-refractivity contribution in [3.05, 3.63) is 39.0 Å². The summed E-state index contributed by atoms with van der Waals surface area (Å²) in [6.07, 6.45) is 0. The van der Waals surface area contributed by atoms with Gasteiger partial charge in [-0.15, -0.1) is 45.3 Å². The zero-order valence-electron chi connectivity index (χ0n) is 26.1. The minimum atomic E-state index is -3.71. The Morgan fingerprint density at radius 3 is 0.667 bits per heavy atom. The van der Waals surface area contributed by atoms with E-state index >= 15 is 0 Å². The van der Waals surface area contributed by atoms with Crippen LogP contribution in [0.15, 0.2) is 19.6 Å². The molecular formula is C28H36O4S6Si4. The molecule has 4 aromatic rings. The minimum absolute atomic E-state index is 0.545. The molecule has 1 aliphatic carbocycles. The van der Waals surface area contributed by atoms with Gasteiger partial charge in [-0.3, -0.25) is 0 Å². The summed E-state index contributed by atoms with van der Waals surface area (Å²) in [7, 11) is -15.7. The molecule has 7 rings (SSSR count). The van der Waals surface area contributed by atoms with Crippen molar-refractivity contribution in [2.45, 2.75) is 98.1 Å². The van der Waals surface area contributed by atoms with Crippen LogP contribution in [0.3, 0.4) is 0 Å². The fourth-order valence-corrected chi connectivity index (χ4v) is 30.5. The largest absolute Gasteiger partial charge is 0.218 e. The summed E-state index contributed by atoms with van der Waals surface area (Å²) in [5.41, 5.74) is 0. The second-order valence-electron chi connectivity index (χ2n) is 15.9. The van der Waals surface area contributed by atoms with Crippen molar-refractivity contribution < 1.29 is 16.8 Å². The van der Waals surface area contributed by atoms with Crippen LogP contribution in [0.2, 0.25) is 78.6 Å². The molecule has 0 bridgehead atoms. The van der Waals surface area contributed by atoms with Crippen LogP contribution in [0.4, 0.5) is 0 Å². The number of hydrogen-bond acceptors (Lipinski definition) is 8. The van der Waals surface area contributed by atoms with E-state index in [1.54, 1.807) is 45.3 Å². The first-order chi connectivity index (χ1) is 18.9. The van der Waals surface area contributed by atoms with Crippen LogP contribution in [0.5, 0.6) is 0 Å². The smallest absolute Gasteiger partial charge is 0.209 e. The molecule has 0 atom stereocenters. The van der Waals surface area contributed by atoms with Gasteiger partial charge in [0.15, 0.2) is 0 Å². The Labute approximate surface area is 267 Å². The van der Waals surface area contributed by atoms with Crippen LogP contribution in [0.25, 0.3) is 0 Å². The average molecular weight is 741 g/mol. The van der Waals surface area contributed by atoms with Crippen molar-refractivity contribution in [3.8, 4) is 0 Å². The highest BCUT2D eigenvalue weighted by Crippen LogP contribution is 2.43. The van der Waals surface area contributed by atoms with Crippen molar-refractivity contribution in [2.75, 3.05) is 0 Å². The Balaban J connectivity index is 2.04. The number of thiophene rings is 4. The molecule has 224 valence electrons. The summed E-state index contributed by atoms with van der Waals surface area (Å²) in [6.45, 7) is 26.8. The zero-order valence-corrected chi connectivity index (χ0v) is 35.0. The van der Waals surface area contributed by atoms with Gasteiger partial charge in [-0.1, -0.05) is 78.6 Å². The van der Waals surface area contributed by atoms with Crippen molar-refractivity contribution in [1.29, 1.82) is 0 Å². The monoisotopic (exact) mass is 740 g/mol. The minimum Gasteiger partial charge on any atom is -0.218 e. The maximum absolute atomic E-state index is 14.8. The van der Waals surface area contributed by atoms with Crippen LogP contribution in [0, 0.1) is 39.0 Å². The molecule has 6 heterocycles. The second kappa shape index (κ2) is 8.28. The third-order valence-electron chi connectivity index (χ3n) is 8.17. The molecule has 2 aliphatic heterocycles. The van der Waals surface area contributed by atoms with Gasteiger partial charge in [-0.25, -0.2) is 16.8 Å². The van der Waals surface area contributed by atoms with Gasteiger partial charge in [0.05, 0.1) is 70.0 Å². The van der Waals surface area contributed by atoms with E-state index in [-0.39, 0.29) is 0 Å². The first-order valence-electron chi connectivity index (χ1n) is 14.1. The van der Waals surface area contributed by atoms with E-state index in [4.69, 9.17) is 0 Å². The summed E-state index contributed by atoms with van der Waals surface area (Å²) in [5, 5.41) is 3.53. The van der Waals surface area contributed by atoms with Gasteiger partial charge in [-0.2, -0.15) is 0 Å². The van der Waals surface area contributed by atoms with Crippen molar-refractivity contribution >= 4 is 115 Å². The normalized spacial score (nSPS) is 19.5. The lowest BCUT2D eigenvalue weighted by Gasteiger charge is -2.18. The first-order valence-corrected chi connectivity index (χ1v) is 34.3. The predicted molar refractivity (Wildman–Crippen MR) is 191 cm³/mol. The van der Waals surface area contributed by atoms with Crippen LogP contribution in [-0.4, -0.2) is 49.1 Å². The van der Waals surface area contributed by atoms with Crippen LogP contribution >= 0.6 is 45.3 Å². The van der Waals surface area contributed by atoms with Crippen LogP contribution in [-0.2, 0) is 19.7 Å². The summed E-state index contributed by atoms with van der Waals surface area (Å²) in [5.74, 6) is 0. The molecule has 0 saturated heterocycles. The summed E-state index contributed by atoms with van der Waals surface area (Å²) >= 11 is 6.58. The fraction of sp³-hybridized carbons (Fsp3) is 0.429. The maximum atomic E-state index is 14.8. The van der Waals surface area contributed by atoms with E-state index in [2.05, 4.69) is 78.6 Å². The molecule has 3 aliphatic rings. The Kier molecular flexibility index (Phi) is 5.96. The first kappa shape index (κ1) is 30.2. The van der Waals surface area contributed by atoms with Gasteiger partial charge in [0.1, 0.15) is 0 Å². The third-order valence-corrected chi connectivity index (χ3v) is 32.6. The number of hydrogen-bond donors (Lipinski definition) is 0. The van der Waals surface area contributed by atoms with Gasteiger partial charge >= 0.3 is 0 Å². The molecule has 0 spiro atoms. The standard InChI is InChI=1S/C28H36O4S6Si4/c1-39(2,3)25-21-13-14-19(35-26(40(4,5)6)22(14)37(21,29)30)20-16-15-18(17(13)33-25)34-27(41(7,8)9)23(15)38(31,32)24(16)28(36-20)42(10,11)12/h1-12H3/b18-17-,20-19-. The molecule has 0 unspecified atom stereocenters. The van der Waals surface area contributed by atoms with Crippen molar-refractivity contribution in [1.82, 2.24) is 0 Å². The van der Waals surface area contributed by atoms with Gasteiger partial charge in [0.2, 0.25) is 19.7 Å². The SMILES string of the molecule is C[Si](C)(C)c1s/c2c3c1S(=O)(=O)c1c([Si](C)(C)C)s/c(c1=3)=c1\sc([Si](C)(C)C)c3c1=c1c(c([Si](C)(C)C)s/c1=2)S3(=O)=O. The van der Waals surface area contributed by atoms with Crippen LogP contribution < -0.4 is 18.0 Å². The quantitative estimate of drug-likeness (QED) is 0.212. The molecule has 4 nitrogen and oxygen atoms in total. The van der Waals surface area contributed by atoms with Gasteiger partial charge in [0.25, 0.3) is 0 Å². The van der Waals surface area contributed by atoms with E-state index in [0.717, 1.165) is 57.0 Å². The Morgan fingerprint density at radius 1 is 0.357 bits per heavy atom. The second-order valence-corrected chi connectivity index (χ2v) is 45.0. The molecule has 0 saturated carbocycles. The zero-order chi connectivity index (χ0) is 31.1. The van der Waals surface area contributed by atoms with Crippen LogP contribution in [0.1, 0.15) is 0 Å². The third kappa shape index (κ3) is 3.62. The highest BCUT2D eigenvalue weighted by Gasteiger charge is 2.46. The maximum Gasteiger partial charge on any atom is 0.209 e. The number of rotatable bonds is 4. The average Bonchev–Trinajstić information content (AvgIpc) is 3.56. The fourth-order valence-electron chi connectivity index (χ4n) is 6.42.